The normalized spacial score (nSPS) is 17.3. The zero-order valence-electron chi connectivity index (χ0n) is 22.5. The Hall–Kier alpha value is -3.15. The molecule has 0 aliphatic carbocycles. The number of hydrogen-bond acceptors (Lipinski definition) is 7. The topological polar surface area (TPSA) is 107 Å². The zero-order valence-corrected chi connectivity index (χ0v) is 23.3. The van der Waals surface area contributed by atoms with Crippen molar-refractivity contribution in [3.8, 4) is 0 Å². The van der Waals surface area contributed by atoms with E-state index in [2.05, 4.69) is 34.3 Å². The first-order valence-electron chi connectivity index (χ1n) is 12.8. The molecule has 1 unspecified atom stereocenters. The van der Waals surface area contributed by atoms with E-state index < -0.39 is 10.0 Å². The van der Waals surface area contributed by atoms with Crippen molar-refractivity contribution >= 4 is 27.6 Å². The van der Waals surface area contributed by atoms with Crippen molar-refractivity contribution in [3.63, 3.8) is 0 Å². The number of benzene rings is 2. The highest BCUT2D eigenvalue weighted by Gasteiger charge is 2.37. The van der Waals surface area contributed by atoms with Gasteiger partial charge in [-0.25, -0.2) is 12.8 Å². The lowest BCUT2D eigenvalue weighted by Crippen LogP contribution is -2.51. The number of sulfonamides is 1. The van der Waals surface area contributed by atoms with Gasteiger partial charge in [0.15, 0.2) is 0 Å². The smallest absolute Gasteiger partial charge is 0.264 e. The number of nitrogens with one attached hydrogen (secondary N) is 2. The minimum atomic E-state index is -3.82. The van der Waals surface area contributed by atoms with E-state index in [0.717, 1.165) is 23.4 Å². The van der Waals surface area contributed by atoms with Crippen LogP contribution in [0.1, 0.15) is 56.5 Å². The number of piperazine rings is 1. The number of aryl methyl sites for hydroxylation is 1. The van der Waals surface area contributed by atoms with Crippen LogP contribution in [0.2, 0.25) is 0 Å². The molecule has 0 radical (unpaired) electrons. The Morgan fingerprint density at radius 1 is 1.16 bits per heavy atom. The van der Waals surface area contributed by atoms with Crippen LogP contribution in [0.3, 0.4) is 0 Å². The summed E-state index contributed by atoms with van der Waals surface area (Å²) in [7, 11) is -3.82. The molecule has 0 saturated carbocycles. The van der Waals surface area contributed by atoms with Gasteiger partial charge in [0.2, 0.25) is 5.03 Å². The lowest BCUT2D eigenvalue weighted by molar-refractivity contribution is 0.104. The lowest BCUT2D eigenvalue weighted by Gasteiger charge is -2.42. The standard InChI is InChI=1S/C27H36FN7O2S/c1-18(2)16-33-10-11-34(38(36,37)27-15-30-35(32-27)19(3)4)17-26(33)24-13-21(14-29)25(12-20(24)5)31-23-8-6-22(28)7-9-23/h6-9,12-15,18-19,26,29,31H,10-11,16-17H2,1-5H3. The van der Waals surface area contributed by atoms with E-state index in [1.165, 1.54) is 33.6 Å². The lowest BCUT2D eigenvalue weighted by atomic mass is 9.94. The molecule has 2 heterocycles. The van der Waals surface area contributed by atoms with Crippen molar-refractivity contribution < 1.29 is 12.8 Å². The first-order valence-corrected chi connectivity index (χ1v) is 14.3. The summed E-state index contributed by atoms with van der Waals surface area (Å²) in [5, 5.41) is 19.6. The Labute approximate surface area is 224 Å². The summed E-state index contributed by atoms with van der Waals surface area (Å²) < 4.78 is 41.9. The third-order valence-corrected chi connectivity index (χ3v) is 8.41. The highest BCUT2D eigenvalue weighted by Crippen LogP contribution is 2.34. The molecule has 1 saturated heterocycles. The number of halogens is 1. The van der Waals surface area contributed by atoms with E-state index >= 15 is 0 Å². The van der Waals surface area contributed by atoms with Crippen LogP contribution in [-0.4, -0.2) is 65.0 Å². The third-order valence-electron chi connectivity index (χ3n) is 6.68. The minimum Gasteiger partial charge on any atom is -0.355 e. The SMILES string of the molecule is Cc1cc(Nc2ccc(F)cc2)c(C=N)cc1C1CN(S(=O)(=O)c2cnn(C(C)C)n2)CCN1CC(C)C. The van der Waals surface area contributed by atoms with Crippen LogP contribution in [0, 0.1) is 24.1 Å². The van der Waals surface area contributed by atoms with Crippen molar-refractivity contribution in [2.24, 2.45) is 5.92 Å². The molecule has 0 spiro atoms. The summed E-state index contributed by atoms with van der Waals surface area (Å²) in [6.45, 7) is 12.1. The molecule has 1 atom stereocenters. The van der Waals surface area contributed by atoms with Gasteiger partial charge in [0, 0.05) is 55.4 Å². The fourth-order valence-corrected chi connectivity index (χ4v) is 6.07. The van der Waals surface area contributed by atoms with Crippen molar-refractivity contribution in [1.82, 2.24) is 24.2 Å². The van der Waals surface area contributed by atoms with Gasteiger partial charge in [0.25, 0.3) is 10.0 Å². The second kappa shape index (κ2) is 11.3. The number of anilines is 2. The molecular formula is C27H36FN7O2S. The molecule has 1 aliphatic heterocycles. The quantitative estimate of drug-likeness (QED) is 0.379. The Morgan fingerprint density at radius 3 is 2.47 bits per heavy atom. The third kappa shape index (κ3) is 5.95. The van der Waals surface area contributed by atoms with Crippen molar-refractivity contribution in [2.75, 3.05) is 31.5 Å². The summed E-state index contributed by atoms with van der Waals surface area (Å²) in [6.07, 6.45) is 2.60. The van der Waals surface area contributed by atoms with Crippen molar-refractivity contribution in [1.29, 1.82) is 5.41 Å². The van der Waals surface area contributed by atoms with Crippen LogP contribution in [0.5, 0.6) is 0 Å². The van der Waals surface area contributed by atoms with Crippen molar-refractivity contribution in [2.45, 2.75) is 51.7 Å². The Balaban J connectivity index is 1.68. The van der Waals surface area contributed by atoms with Crippen molar-refractivity contribution in [3.05, 3.63) is 65.1 Å². The van der Waals surface area contributed by atoms with Gasteiger partial charge in [-0.15, -0.1) is 5.10 Å². The maximum atomic E-state index is 13.5. The molecule has 38 heavy (non-hydrogen) atoms. The van der Waals surface area contributed by atoms with E-state index in [1.807, 2.05) is 32.9 Å². The van der Waals surface area contributed by atoms with Gasteiger partial charge < -0.3 is 10.7 Å². The molecule has 9 nitrogen and oxygen atoms in total. The summed E-state index contributed by atoms with van der Waals surface area (Å²) in [5.41, 5.74) is 4.06. The van der Waals surface area contributed by atoms with Gasteiger partial charge in [-0.2, -0.15) is 14.2 Å². The van der Waals surface area contributed by atoms with Gasteiger partial charge in [-0.05, 0) is 74.2 Å². The summed E-state index contributed by atoms with van der Waals surface area (Å²) in [6, 6.07) is 9.75. The molecule has 0 amide bonds. The van der Waals surface area contributed by atoms with Gasteiger partial charge in [-0.1, -0.05) is 13.8 Å². The fourth-order valence-electron chi connectivity index (χ4n) is 4.77. The largest absolute Gasteiger partial charge is 0.355 e. The highest BCUT2D eigenvalue weighted by molar-refractivity contribution is 7.89. The number of rotatable bonds is 9. The van der Waals surface area contributed by atoms with Gasteiger partial charge >= 0.3 is 0 Å². The first kappa shape index (κ1) is 27.9. The second-order valence-corrected chi connectivity index (χ2v) is 12.3. The van der Waals surface area contributed by atoms with Gasteiger partial charge in [0.1, 0.15) is 5.82 Å². The molecular weight excluding hydrogens is 505 g/mol. The predicted molar refractivity (Wildman–Crippen MR) is 147 cm³/mol. The maximum Gasteiger partial charge on any atom is 0.264 e. The summed E-state index contributed by atoms with van der Waals surface area (Å²) >= 11 is 0. The van der Waals surface area contributed by atoms with Gasteiger partial charge in [-0.3, -0.25) is 4.90 Å². The summed E-state index contributed by atoms with van der Waals surface area (Å²) in [5.74, 6) is 0.0803. The Bertz CT molecular complexity index is 1390. The van der Waals surface area contributed by atoms with E-state index in [9.17, 15) is 12.8 Å². The molecule has 3 aromatic rings. The van der Waals surface area contributed by atoms with E-state index in [-0.39, 0.29) is 29.5 Å². The molecule has 2 N–H and O–H groups in total. The van der Waals surface area contributed by atoms with Crippen LogP contribution in [0.25, 0.3) is 0 Å². The predicted octanol–water partition coefficient (Wildman–Crippen LogP) is 4.75. The number of hydrogen-bond donors (Lipinski definition) is 2. The fraction of sp³-hybridized carbons (Fsp3) is 0.444. The van der Waals surface area contributed by atoms with E-state index in [1.54, 1.807) is 12.1 Å². The molecule has 1 aromatic heterocycles. The van der Waals surface area contributed by atoms with Crippen LogP contribution in [-0.2, 0) is 10.0 Å². The Kier molecular flexibility index (Phi) is 8.29. The molecule has 4 rings (SSSR count). The molecule has 1 aliphatic rings. The number of nitrogens with zero attached hydrogens (tertiary/aromatic N) is 5. The average molecular weight is 542 g/mol. The molecule has 0 bridgehead atoms. The van der Waals surface area contributed by atoms with E-state index in [0.29, 0.717) is 30.3 Å². The zero-order chi connectivity index (χ0) is 27.6. The summed E-state index contributed by atoms with van der Waals surface area (Å²) in [4.78, 5) is 3.73. The van der Waals surface area contributed by atoms with Crippen LogP contribution >= 0.6 is 0 Å². The highest BCUT2D eigenvalue weighted by atomic mass is 32.2. The molecule has 204 valence electrons. The Morgan fingerprint density at radius 2 is 1.87 bits per heavy atom. The monoisotopic (exact) mass is 541 g/mol. The minimum absolute atomic E-state index is 0.0428. The number of aromatic nitrogens is 3. The molecule has 1 fully saturated rings. The van der Waals surface area contributed by atoms with Gasteiger partial charge in [0.05, 0.1) is 12.2 Å². The first-order chi connectivity index (χ1) is 18.0. The van der Waals surface area contributed by atoms with Crippen LogP contribution in [0.4, 0.5) is 15.8 Å². The maximum absolute atomic E-state index is 13.5. The van der Waals surface area contributed by atoms with Crippen LogP contribution < -0.4 is 5.32 Å². The van der Waals surface area contributed by atoms with E-state index in [4.69, 9.17) is 5.41 Å². The average Bonchev–Trinajstić information content (AvgIpc) is 3.37. The van der Waals surface area contributed by atoms with Crippen LogP contribution in [0.15, 0.2) is 47.6 Å². The second-order valence-electron chi connectivity index (χ2n) is 10.4. The molecule has 2 aromatic carbocycles. The molecule has 11 heteroatoms.